The van der Waals surface area contributed by atoms with Crippen LogP contribution in [0, 0.1) is 11.7 Å². The van der Waals surface area contributed by atoms with Crippen molar-refractivity contribution in [3.05, 3.63) is 35.6 Å². The maximum absolute atomic E-state index is 13.0. The highest BCUT2D eigenvalue weighted by atomic mass is 32.2. The van der Waals surface area contributed by atoms with E-state index in [0.717, 1.165) is 5.56 Å². The Bertz CT molecular complexity index is 525. The number of hydrogen-bond acceptors (Lipinski definition) is 3. The lowest BCUT2D eigenvalue weighted by Crippen LogP contribution is -2.36. The summed E-state index contributed by atoms with van der Waals surface area (Å²) in [5, 5.41) is 3.41. The van der Waals surface area contributed by atoms with Gasteiger partial charge >= 0.3 is 0 Å². The molecule has 2 atom stereocenters. The number of benzene rings is 1. The first kappa shape index (κ1) is 14.5. The average Bonchev–Trinajstić information content (AvgIpc) is 2.67. The molecule has 106 valence electrons. The molecule has 0 aliphatic carbocycles. The second-order valence-electron chi connectivity index (χ2n) is 5.54. The Hall–Kier alpha value is -0.940. The van der Waals surface area contributed by atoms with Gasteiger partial charge in [-0.2, -0.15) is 0 Å². The lowest BCUT2D eigenvalue weighted by atomic mass is 9.95. The molecule has 1 heterocycles. The van der Waals surface area contributed by atoms with Crippen LogP contribution in [0.25, 0.3) is 0 Å². The molecule has 0 bridgehead atoms. The van der Waals surface area contributed by atoms with Crippen LogP contribution in [-0.2, 0) is 9.84 Å². The molecule has 1 saturated heterocycles. The molecular formula is C14H20FNO2S. The maximum atomic E-state index is 13.0. The lowest BCUT2D eigenvalue weighted by Gasteiger charge is -2.26. The van der Waals surface area contributed by atoms with E-state index >= 15 is 0 Å². The molecule has 2 rings (SSSR count). The van der Waals surface area contributed by atoms with E-state index < -0.39 is 9.84 Å². The zero-order chi connectivity index (χ0) is 14.0. The monoisotopic (exact) mass is 285 g/mol. The summed E-state index contributed by atoms with van der Waals surface area (Å²) in [6, 6.07) is 6.46. The predicted molar refractivity (Wildman–Crippen MR) is 74.2 cm³/mol. The molecule has 0 aromatic heterocycles. The van der Waals surface area contributed by atoms with Crippen molar-refractivity contribution in [2.45, 2.75) is 32.4 Å². The van der Waals surface area contributed by atoms with Crippen molar-refractivity contribution >= 4 is 9.84 Å². The molecule has 1 aliphatic rings. The van der Waals surface area contributed by atoms with Gasteiger partial charge in [0.25, 0.3) is 0 Å². The molecule has 1 fully saturated rings. The molecule has 0 saturated carbocycles. The third kappa shape index (κ3) is 3.76. The van der Waals surface area contributed by atoms with Gasteiger partial charge in [0.1, 0.15) is 5.82 Å². The Morgan fingerprint density at radius 2 is 1.89 bits per heavy atom. The minimum Gasteiger partial charge on any atom is -0.306 e. The van der Waals surface area contributed by atoms with Gasteiger partial charge in [-0.05, 0) is 30.0 Å². The van der Waals surface area contributed by atoms with Gasteiger partial charge in [0.15, 0.2) is 9.84 Å². The Kier molecular flexibility index (Phi) is 4.26. The Morgan fingerprint density at radius 1 is 1.26 bits per heavy atom. The summed E-state index contributed by atoms with van der Waals surface area (Å²) in [4.78, 5) is 0. The molecule has 5 heteroatoms. The van der Waals surface area contributed by atoms with E-state index in [1.54, 1.807) is 12.1 Å². The summed E-state index contributed by atoms with van der Waals surface area (Å²) in [5.74, 6) is 0.527. The van der Waals surface area contributed by atoms with Crippen LogP contribution in [0.4, 0.5) is 4.39 Å². The molecule has 1 aromatic rings. The fraction of sp³-hybridized carbons (Fsp3) is 0.571. The van der Waals surface area contributed by atoms with Crippen LogP contribution in [0.3, 0.4) is 0 Å². The van der Waals surface area contributed by atoms with Gasteiger partial charge in [0, 0.05) is 12.1 Å². The zero-order valence-electron chi connectivity index (χ0n) is 11.3. The van der Waals surface area contributed by atoms with Gasteiger partial charge in [-0.25, -0.2) is 12.8 Å². The van der Waals surface area contributed by atoms with Gasteiger partial charge in [-0.3, -0.25) is 0 Å². The molecule has 1 aromatic carbocycles. The van der Waals surface area contributed by atoms with Gasteiger partial charge in [0.2, 0.25) is 0 Å². The zero-order valence-corrected chi connectivity index (χ0v) is 12.1. The van der Waals surface area contributed by atoms with E-state index in [4.69, 9.17) is 0 Å². The van der Waals surface area contributed by atoms with Crippen LogP contribution in [-0.4, -0.2) is 26.0 Å². The highest BCUT2D eigenvalue weighted by Crippen LogP contribution is 2.24. The van der Waals surface area contributed by atoms with Crippen molar-refractivity contribution in [3.63, 3.8) is 0 Å². The van der Waals surface area contributed by atoms with Gasteiger partial charge < -0.3 is 5.32 Å². The predicted octanol–water partition coefficient (Wildman–Crippen LogP) is 2.30. The molecule has 1 aliphatic heterocycles. The first-order valence-electron chi connectivity index (χ1n) is 6.59. The second kappa shape index (κ2) is 5.59. The van der Waals surface area contributed by atoms with Crippen LogP contribution in [0.5, 0.6) is 0 Å². The van der Waals surface area contributed by atoms with E-state index in [2.05, 4.69) is 19.2 Å². The number of hydrogen-bond donors (Lipinski definition) is 1. The SMILES string of the molecule is CC(C)C(NC1CCS(=O)(=O)C1)c1ccc(F)cc1. The Balaban J connectivity index is 2.11. The van der Waals surface area contributed by atoms with Gasteiger partial charge in [-0.15, -0.1) is 0 Å². The van der Waals surface area contributed by atoms with E-state index in [1.165, 1.54) is 12.1 Å². The average molecular weight is 285 g/mol. The van der Waals surface area contributed by atoms with Crippen molar-refractivity contribution in [3.8, 4) is 0 Å². The molecule has 0 spiro atoms. The summed E-state index contributed by atoms with van der Waals surface area (Å²) in [6.45, 7) is 4.15. The summed E-state index contributed by atoms with van der Waals surface area (Å²) in [6.07, 6.45) is 0.659. The van der Waals surface area contributed by atoms with E-state index in [-0.39, 0.29) is 29.4 Å². The van der Waals surface area contributed by atoms with Crippen LogP contribution < -0.4 is 5.32 Å². The molecule has 1 N–H and O–H groups in total. The molecule has 0 amide bonds. The van der Waals surface area contributed by atoms with Crippen molar-refractivity contribution in [1.82, 2.24) is 5.32 Å². The van der Waals surface area contributed by atoms with Crippen molar-refractivity contribution in [2.75, 3.05) is 11.5 Å². The Morgan fingerprint density at radius 3 is 2.37 bits per heavy atom. The molecule has 19 heavy (non-hydrogen) atoms. The van der Waals surface area contributed by atoms with E-state index in [9.17, 15) is 12.8 Å². The Labute approximate surface area is 114 Å². The molecule has 0 radical (unpaired) electrons. The van der Waals surface area contributed by atoms with Crippen molar-refractivity contribution in [2.24, 2.45) is 5.92 Å². The summed E-state index contributed by atoms with van der Waals surface area (Å²) < 4.78 is 35.9. The minimum absolute atomic E-state index is 0.00227. The topological polar surface area (TPSA) is 46.2 Å². The highest BCUT2D eigenvalue weighted by molar-refractivity contribution is 7.91. The molecule has 2 unspecified atom stereocenters. The molecular weight excluding hydrogens is 265 g/mol. The standard InChI is InChI=1S/C14H20FNO2S/c1-10(2)14(11-3-5-12(15)6-4-11)16-13-7-8-19(17,18)9-13/h3-6,10,13-14,16H,7-9H2,1-2H3. The van der Waals surface area contributed by atoms with Crippen LogP contribution in [0.15, 0.2) is 24.3 Å². The largest absolute Gasteiger partial charge is 0.306 e. The van der Waals surface area contributed by atoms with Crippen LogP contribution in [0.1, 0.15) is 31.9 Å². The number of halogens is 1. The number of sulfone groups is 1. The smallest absolute Gasteiger partial charge is 0.151 e. The summed E-state index contributed by atoms with van der Waals surface area (Å²) in [5.41, 5.74) is 1.00. The third-order valence-electron chi connectivity index (χ3n) is 3.54. The fourth-order valence-electron chi connectivity index (χ4n) is 2.52. The van der Waals surface area contributed by atoms with Crippen LogP contribution in [0.2, 0.25) is 0 Å². The first-order chi connectivity index (χ1) is 8.87. The number of rotatable bonds is 4. The first-order valence-corrected chi connectivity index (χ1v) is 8.41. The van der Waals surface area contributed by atoms with Gasteiger partial charge in [-0.1, -0.05) is 26.0 Å². The summed E-state index contributed by atoms with van der Waals surface area (Å²) in [7, 11) is -2.88. The lowest BCUT2D eigenvalue weighted by molar-refractivity contribution is 0.372. The van der Waals surface area contributed by atoms with Gasteiger partial charge in [0.05, 0.1) is 11.5 Å². The minimum atomic E-state index is -2.88. The summed E-state index contributed by atoms with van der Waals surface area (Å²) >= 11 is 0. The third-order valence-corrected chi connectivity index (χ3v) is 5.31. The fourth-order valence-corrected chi connectivity index (χ4v) is 4.21. The molecule has 3 nitrogen and oxygen atoms in total. The van der Waals surface area contributed by atoms with Crippen LogP contribution >= 0.6 is 0 Å². The highest BCUT2D eigenvalue weighted by Gasteiger charge is 2.30. The normalized spacial score (nSPS) is 23.7. The maximum Gasteiger partial charge on any atom is 0.151 e. The van der Waals surface area contributed by atoms with Crippen molar-refractivity contribution < 1.29 is 12.8 Å². The van der Waals surface area contributed by atoms with Crippen molar-refractivity contribution in [1.29, 1.82) is 0 Å². The quantitative estimate of drug-likeness (QED) is 0.923. The van der Waals surface area contributed by atoms with E-state index in [0.29, 0.717) is 12.3 Å². The van der Waals surface area contributed by atoms with E-state index in [1.807, 2.05) is 0 Å². The second-order valence-corrected chi connectivity index (χ2v) is 7.77. The number of nitrogens with one attached hydrogen (secondary N) is 1.